The van der Waals surface area contributed by atoms with Gasteiger partial charge in [0.2, 0.25) is 5.91 Å². The number of hydrogen-bond donors (Lipinski definition) is 1. The second-order valence-corrected chi connectivity index (χ2v) is 13.1. The van der Waals surface area contributed by atoms with Gasteiger partial charge in [0.05, 0.1) is 16.2 Å². The minimum absolute atomic E-state index is 0.0283. The van der Waals surface area contributed by atoms with E-state index in [9.17, 15) is 14.4 Å². The minimum atomic E-state index is -0.584. The van der Waals surface area contributed by atoms with Crippen molar-refractivity contribution in [1.82, 2.24) is 20.1 Å². The van der Waals surface area contributed by atoms with E-state index < -0.39 is 11.7 Å². The molecule has 0 atom stereocenters. The summed E-state index contributed by atoms with van der Waals surface area (Å²) in [4.78, 5) is 48.7. The third-order valence-corrected chi connectivity index (χ3v) is 9.00. The van der Waals surface area contributed by atoms with Crippen molar-refractivity contribution in [3.8, 4) is 27.6 Å². The number of nitrogens with one attached hydrogen (secondary N) is 1. The summed E-state index contributed by atoms with van der Waals surface area (Å²) in [5, 5.41) is 6.11. The Kier molecular flexibility index (Phi) is 10.1. The molecule has 41 heavy (non-hydrogen) atoms. The van der Waals surface area contributed by atoms with E-state index >= 15 is 0 Å². The zero-order valence-electron chi connectivity index (χ0n) is 23.6. The molecule has 0 saturated carbocycles. The van der Waals surface area contributed by atoms with Gasteiger partial charge in [0.15, 0.2) is 6.61 Å². The van der Waals surface area contributed by atoms with Crippen LogP contribution >= 0.6 is 34.4 Å². The largest absolute Gasteiger partial charge is 0.484 e. The van der Waals surface area contributed by atoms with Crippen LogP contribution in [0.15, 0.2) is 44.9 Å². The zero-order valence-corrected chi connectivity index (χ0v) is 26.1. The Morgan fingerprint density at radius 2 is 1.88 bits per heavy atom. The third kappa shape index (κ3) is 8.54. The standard InChI is InChI=1S/C28H33N5O5S3/c1-18(34)32-9-11-33(12-10-32)24(35)15-37-20-8-6-7-19(13-20)22-16-40-25(31-22)21-14-23(41-26(21)39-5)29-17-30-27(36)38-28(2,3)4/h6-8,13-14,16-17H,9-12,15H2,1-5H3,(H,29,30,36). The van der Waals surface area contributed by atoms with E-state index in [2.05, 4.69) is 10.3 Å². The number of carbonyl (C=O) groups excluding carboxylic acids is 3. The Hall–Kier alpha value is -3.42. The fraction of sp³-hybridized carbons (Fsp3) is 0.393. The highest BCUT2D eigenvalue weighted by atomic mass is 32.2. The van der Waals surface area contributed by atoms with Gasteiger partial charge in [-0.2, -0.15) is 0 Å². The molecule has 0 radical (unpaired) electrons. The van der Waals surface area contributed by atoms with Crippen molar-refractivity contribution in [2.24, 2.45) is 4.99 Å². The maximum atomic E-state index is 12.6. The highest BCUT2D eigenvalue weighted by molar-refractivity contribution is 8.00. The number of rotatable bonds is 8. The topological polar surface area (TPSA) is 113 Å². The summed E-state index contributed by atoms with van der Waals surface area (Å²) in [5.74, 6) is 0.513. The first-order valence-electron chi connectivity index (χ1n) is 12.9. The van der Waals surface area contributed by atoms with Crippen molar-refractivity contribution in [3.63, 3.8) is 0 Å². The molecule has 1 aliphatic rings. The molecule has 3 heterocycles. The molecule has 3 amide bonds. The van der Waals surface area contributed by atoms with E-state index in [1.807, 2.05) is 42.0 Å². The average Bonchev–Trinajstić information content (AvgIpc) is 3.58. The smallest absolute Gasteiger partial charge is 0.412 e. The van der Waals surface area contributed by atoms with Crippen LogP contribution < -0.4 is 10.1 Å². The van der Waals surface area contributed by atoms with Crippen molar-refractivity contribution in [2.45, 2.75) is 37.5 Å². The minimum Gasteiger partial charge on any atom is -0.484 e. The quantitative estimate of drug-likeness (QED) is 0.202. The van der Waals surface area contributed by atoms with Crippen LogP contribution in [0.2, 0.25) is 0 Å². The normalized spacial score (nSPS) is 13.9. The van der Waals surface area contributed by atoms with Crippen LogP contribution in [-0.4, -0.2) is 83.7 Å². The SMILES string of the molecule is CSc1sc(N=CNC(=O)OC(C)(C)C)cc1-c1nc(-c2cccc(OCC(=O)N3CCN(C(C)=O)CC3)c2)cs1. The lowest BCUT2D eigenvalue weighted by Crippen LogP contribution is -2.51. The average molecular weight is 616 g/mol. The number of aromatic nitrogens is 1. The van der Waals surface area contributed by atoms with Crippen molar-refractivity contribution >= 4 is 63.7 Å². The van der Waals surface area contributed by atoms with Crippen molar-refractivity contribution < 1.29 is 23.9 Å². The molecule has 1 aromatic carbocycles. The summed E-state index contributed by atoms with van der Waals surface area (Å²) < 4.78 is 12.1. The molecule has 2 aromatic heterocycles. The lowest BCUT2D eigenvalue weighted by atomic mass is 10.1. The number of carbonyl (C=O) groups is 3. The van der Waals surface area contributed by atoms with E-state index in [1.165, 1.54) is 29.0 Å². The summed E-state index contributed by atoms with van der Waals surface area (Å²) in [5.41, 5.74) is 2.08. The van der Waals surface area contributed by atoms with Gasteiger partial charge < -0.3 is 19.3 Å². The molecule has 0 spiro atoms. The van der Waals surface area contributed by atoms with Crippen LogP contribution in [0.1, 0.15) is 27.7 Å². The molecule has 1 aliphatic heterocycles. The second-order valence-electron chi connectivity index (χ2n) is 10.1. The molecule has 0 unspecified atom stereocenters. The summed E-state index contributed by atoms with van der Waals surface area (Å²) in [6.07, 6.45) is 2.78. The summed E-state index contributed by atoms with van der Waals surface area (Å²) in [6.45, 7) is 8.99. The molecule has 4 rings (SSSR count). The van der Waals surface area contributed by atoms with Crippen LogP contribution in [0, 0.1) is 0 Å². The Labute approximate surface area is 251 Å². The van der Waals surface area contributed by atoms with E-state index in [0.717, 1.165) is 31.0 Å². The van der Waals surface area contributed by atoms with Crippen LogP contribution in [-0.2, 0) is 14.3 Å². The van der Waals surface area contributed by atoms with E-state index in [4.69, 9.17) is 14.5 Å². The highest BCUT2D eigenvalue weighted by Crippen LogP contribution is 2.43. The summed E-state index contributed by atoms with van der Waals surface area (Å²) >= 11 is 4.66. The third-order valence-electron chi connectivity index (χ3n) is 5.95. The first-order valence-corrected chi connectivity index (χ1v) is 15.9. The van der Waals surface area contributed by atoms with Gasteiger partial charge >= 0.3 is 6.09 Å². The van der Waals surface area contributed by atoms with Gasteiger partial charge in [0.25, 0.3) is 5.91 Å². The molecule has 3 aromatic rings. The number of amides is 3. The molecule has 0 bridgehead atoms. The van der Waals surface area contributed by atoms with Crippen molar-refractivity contribution in [1.29, 1.82) is 0 Å². The fourth-order valence-electron chi connectivity index (χ4n) is 3.96. The van der Waals surface area contributed by atoms with Gasteiger partial charge in [-0.05, 0) is 45.2 Å². The molecule has 10 nitrogen and oxygen atoms in total. The van der Waals surface area contributed by atoms with Gasteiger partial charge in [0, 0.05) is 49.6 Å². The number of aliphatic imine (C=N–C) groups is 1. The molecule has 1 N–H and O–H groups in total. The lowest BCUT2D eigenvalue weighted by Gasteiger charge is -2.34. The monoisotopic (exact) mass is 615 g/mol. The predicted molar refractivity (Wildman–Crippen MR) is 164 cm³/mol. The van der Waals surface area contributed by atoms with E-state index in [-0.39, 0.29) is 18.4 Å². The molecule has 1 saturated heterocycles. The number of hydrogen-bond acceptors (Lipinski definition) is 10. The number of piperazine rings is 1. The number of thiazole rings is 1. The van der Waals surface area contributed by atoms with Crippen molar-refractivity contribution in [2.75, 3.05) is 39.0 Å². The first-order chi connectivity index (χ1) is 19.5. The Morgan fingerprint density at radius 3 is 2.56 bits per heavy atom. The number of benzene rings is 1. The van der Waals surface area contributed by atoms with Crippen LogP contribution in [0.3, 0.4) is 0 Å². The summed E-state index contributed by atoms with van der Waals surface area (Å²) in [7, 11) is 0. The zero-order chi connectivity index (χ0) is 29.6. The Balaban J connectivity index is 1.38. The molecular weight excluding hydrogens is 583 g/mol. The summed E-state index contributed by atoms with van der Waals surface area (Å²) in [6, 6.07) is 9.48. The molecule has 218 valence electrons. The van der Waals surface area contributed by atoms with Crippen LogP contribution in [0.5, 0.6) is 5.75 Å². The van der Waals surface area contributed by atoms with Gasteiger partial charge in [-0.1, -0.05) is 12.1 Å². The number of ether oxygens (including phenoxy) is 2. The van der Waals surface area contributed by atoms with E-state index in [1.54, 1.807) is 49.3 Å². The predicted octanol–water partition coefficient (Wildman–Crippen LogP) is 5.51. The number of nitrogens with zero attached hydrogens (tertiary/aromatic N) is 4. The number of thioether (sulfide) groups is 1. The fourth-order valence-corrected chi connectivity index (χ4v) is 6.65. The van der Waals surface area contributed by atoms with Crippen LogP contribution in [0.4, 0.5) is 9.80 Å². The lowest BCUT2D eigenvalue weighted by molar-refractivity contribution is -0.139. The second kappa shape index (κ2) is 13.5. The van der Waals surface area contributed by atoms with E-state index in [0.29, 0.717) is 31.9 Å². The molecule has 13 heteroatoms. The molecule has 0 aliphatic carbocycles. The van der Waals surface area contributed by atoms with Gasteiger partial charge in [0.1, 0.15) is 21.4 Å². The number of thiophene rings is 1. The highest BCUT2D eigenvalue weighted by Gasteiger charge is 2.23. The first kappa shape index (κ1) is 30.5. The van der Waals surface area contributed by atoms with Gasteiger partial charge in [-0.15, -0.1) is 34.4 Å². The maximum absolute atomic E-state index is 12.6. The Bertz CT molecular complexity index is 1420. The molecule has 1 fully saturated rings. The van der Waals surface area contributed by atoms with Gasteiger partial charge in [-0.25, -0.2) is 14.8 Å². The van der Waals surface area contributed by atoms with Gasteiger partial charge in [-0.3, -0.25) is 14.9 Å². The van der Waals surface area contributed by atoms with Crippen LogP contribution in [0.25, 0.3) is 21.8 Å². The number of alkyl carbamates (subject to hydrolysis) is 1. The maximum Gasteiger partial charge on any atom is 0.412 e. The Morgan fingerprint density at radius 1 is 1.15 bits per heavy atom. The molecular formula is C28H33N5O5S3. The van der Waals surface area contributed by atoms with Crippen molar-refractivity contribution in [3.05, 3.63) is 35.7 Å².